The first-order valence-electron chi connectivity index (χ1n) is 9.24. The van der Waals surface area contributed by atoms with E-state index in [0.717, 1.165) is 18.5 Å². The SMILES string of the molecule is Cc1cc(C(=O)N2CCC(Cc3ccccn3)C2)c2c(=O)[nH]c(=O)n(C)c2n1. The Balaban J connectivity index is 1.66. The van der Waals surface area contributed by atoms with E-state index in [9.17, 15) is 14.4 Å². The molecule has 8 heteroatoms. The zero-order valence-electron chi connectivity index (χ0n) is 15.8. The third-order valence-corrected chi connectivity index (χ3v) is 5.23. The van der Waals surface area contributed by atoms with Gasteiger partial charge in [-0.1, -0.05) is 6.07 Å². The van der Waals surface area contributed by atoms with E-state index in [-0.39, 0.29) is 22.5 Å². The summed E-state index contributed by atoms with van der Waals surface area (Å²) in [5, 5.41) is 0.158. The molecular formula is C20H21N5O3. The number of carbonyl (C=O) groups excluding carboxylic acids is 1. The number of aryl methyl sites for hydroxylation is 2. The summed E-state index contributed by atoms with van der Waals surface area (Å²) in [6.45, 7) is 2.99. The number of pyridine rings is 2. The average molecular weight is 379 g/mol. The molecule has 4 rings (SSSR count). The number of likely N-dealkylation sites (tertiary alicyclic amines) is 1. The van der Waals surface area contributed by atoms with Crippen LogP contribution in [0.15, 0.2) is 40.1 Å². The Labute approximate surface area is 160 Å². The number of nitrogens with zero attached hydrogens (tertiary/aromatic N) is 4. The molecule has 1 fully saturated rings. The number of aromatic amines is 1. The lowest BCUT2D eigenvalue weighted by atomic mass is 10.0. The van der Waals surface area contributed by atoms with Crippen molar-refractivity contribution in [3.05, 3.63) is 68.3 Å². The third kappa shape index (κ3) is 3.21. The molecule has 3 aromatic rings. The maximum absolute atomic E-state index is 13.2. The fourth-order valence-corrected chi connectivity index (χ4v) is 3.80. The molecule has 8 nitrogen and oxygen atoms in total. The molecule has 0 aromatic carbocycles. The van der Waals surface area contributed by atoms with Gasteiger partial charge in [-0.2, -0.15) is 0 Å². The van der Waals surface area contributed by atoms with Crippen molar-refractivity contribution in [1.82, 2.24) is 24.4 Å². The van der Waals surface area contributed by atoms with Gasteiger partial charge in [0.15, 0.2) is 0 Å². The number of nitrogens with one attached hydrogen (secondary N) is 1. The first-order valence-corrected chi connectivity index (χ1v) is 9.24. The van der Waals surface area contributed by atoms with Crippen LogP contribution in [-0.2, 0) is 13.5 Å². The normalized spacial score (nSPS) is 16.6. The quantitative estimate of drug-likeness (QED) is 0.732. The van der Waals surface area contributed by atoms with Crippen molar-refractivity contribution in [1.29, 1.82) is 0 Å². The molecule has 28 heavy (non-hydrogen) atoms. The topological polar surface area (TPSA) is 101 Å². The van der Waals surface area contributed by atoms with Crippen LogP contribution in [0.2, 0.25) is 0 Å². The summed E-state index contributed by atoms with van der Waals surface area (Å²) >= 11 is 0. The highest BCUT2D eigenvalue weighted by Crippen LogP contribution is 2.23. The van der Waals surface area contributed by atoms with E-state index in [1.54, 1.807) is 24.1 Å². The minimum absolute atomic E-state index is 0.158. The average Bonchev–Trinajstić information content (AvgIpc) is 3.14. The van der Waals surface area contributed by atoms with Crippen LogP contribution in [0.4, 0.5) is 0 Å². The number of carbonyl (C=O) groups is 1. The van der Waals surface area contributed by atoms with Crippen molar-refractivity contribution < 1.29 is 4.79 Å². The van der Waals surface area contributed by atoms with Gasteiger partial charge in [0, 0.05) is 37.7 Å². The van der Waals surface area contributed by atoms with Gasteiger partial charge in [0.25, 0.3) is 11.5 Å². The number of rotatable bonds is 3. The van der Waals surface area contributed by atoms with Crippen LogP contribution in [0.25, 0.3) is 11.0 Å². The summed E-state index contributed by atoms with van der Waals surface area (Å²) in [7, 11) is 1.53. The molecule has 0 spiro atoms. The third-order valence-electron chi connectivity index (χ3n) is 5.23. The summed E-state index contributed by atoms with van der Waals surface area (Å²) in [5.74, 6) is 0.124. The van der Waals surface area contributed by atoms with Gasteiger partial charge in [0.1, 0.15) is 5.65 Å². The number of aromatic nitrogens is 4. The van der Waals surface area contributed by atoms with Crippen LogP contribution in [0.3, 0.4) is 0 Å². The molecule has 0 radical (unpaired) electrons. The molecule has 1 aliphatic heterocycles. The van der Waals surface area contributed by atoms with Crippen LogP contribution in [0.5, 0.6) is 0 Å². The van der Waals surface area contributed by atoms with Crippen LogP contribution < -0.4 is 11.2 Å². The lowest BCUT2D eigenvalue weighted by molar-refractivity contribution is 0.0788. The monoisotopic (exact) mass is 379 g/mol. The van der Waals surface area contributed by atoms with E-state index < -0.39 is 11.2 Å². The Morgan fingerprint density at radius 3 is 2.89 bits per heavy atom. The van der Waals surface area contributed by atoms with Crippen molar-refractivity contribution in [3.8, 4) is 0 Å². The van der Waals surface area contributed by atoms with Crippen LogP contribution in [0.1, 0.15) is 28.2 Å². The molecule has 1 atom stereocenters. The molecule has 0 bridgehead atoms. The van der Waals surface area contributed by atoms with Gasteiger partial charge >= 0.3 is 5.69 Å². The van der Waals surface area contributed by atoms with E-state index in [4.69, 9.17) is 0 Å². The second-order valence-electron chi connectivity index (χ2n) is 7.26. The maximum atomic E-state index is 13.2. The number of H-pyrrole nitrogens is 1. The van der Waals surface area contributed by atoms with Gasteiger partial charge in [-0.15, -0.1) is 0 Å². The first kappa shape index (κ1) is 18.1. The standard InChI is InChI=1S/C20H21N5O3/c1-12-9-15(16-17(22-12)24(2)20(28)23-18(16)26)19(27)25-8-6-13(11-25)10-14-5-3-4-7-21-14/h3-5,7,9,13H,6,8,10-11H2,1-2H3,(H,23,26,28). The molecule has 0 saturated carbocycles. The second kappa shape index (κ2) is 7.03. The Hall–Kier alpha value is -3.29. The number of hydrogen-bond donors (Lipinski definition) is 1. The minimum atomic E-state index is -0.585. The molecule has 3 aromatic heterocycles. The van der Waals surface area contributed by atoms with Crippen molar-refractivity contribution in [2.24, 2.45) is 13.0 Å². The van der Waals surface area contributed by atoms with Crippen molar-refractivity contribution in [3.63, 3.8) is 0 Å². The summed E-state index contributed by atoms with van der Waals surface area (Å²) in [5.41, 5.74) is 0.974. The molecule has 4 heterocycles. The van der Waals surface area contributed by atoms with Gasteiger partial charge in [-0.25, -0.2) is 9.78 Å². The highest BCUT2D eigenvalue weighted by Gasteiger charge is 2.29. The summed E-state index contributed by atoms with van der Waals surface area (Å²) in [6.07, 6.45) is 3.48. The lowest BCUT2D eigenvalue weighted by Crippen LogP contribution is -2.33. The molecule has 1 aliphatic rings. The Morgan fingerprint density at radius 2 is 2.14 bits per heavy atom. The second-order valence-corrected chi connectivity index (χ2v) is 7.26. The van der Waals surface area contributed by atoms with Gasteiger partial charge < -0.3 is 4.90 Å². The Kier molecular flexibility index (Phi) is 4.54. The predicted octanol–water partition coefficient (Wildman–Crippen LogP) is 1.03. The summed E-state index contributed by atoms with van der Waals surface area (Å²) in [4.78, 5) is 50.2. The van der Waals surface area contributed by atoms with E-state index in [1.807, 2.05) is 18.2 Å². The number of fused-ring (bicyclic) bond motifs is 1. The van der Waals surface area contributed by atoms with Gasteiger partial charge in [0.2, 0.25) is 0 Å². The number of hydrogen-bond acceptors (Lipinski definition) is 5. The van der Waals surface area contributed by atoms with Crippen molar-refractivity contribution in [2.45, 2.75) is 19.8 Å². The van der Waals surface area contributed by atoms with Gasteiger partial charge in [0.05, 0.1) is 10.9 Å². The first-order chi connectivity index (χ1) is 13.4. The molecule has 0 aliphatic carbocycles. The number of amides is 1. The largest absolute Gasteiger partial charge is 0.338 e. The van der Waals surface area contributed by atoms with Crippen molar-refractivity contribution >= 4 is 16.9 Å². The lowest BCUT2D eigenvalue weighted by Gasteiger charge is -2.18. The van der Waals surface area contributed by atoms with E-state index in [1.165, 1.54) is 11.6 Å². The van der Waals surface area contributed by atoms with Crippen LogP contribution in [0, 0.1) is 12.8 Å². The van der Waals surface area contributed by atoms with Crippen molar-refractivity contribution in [2.75, 3.05) is 13.1 Å². The fourth-order valence-electron chi connectivity index (χ4n) is 3.80. The highest BCUT2D eigenvalue weighted by atomic mass is 16.2. The highest BCUT2D eigenvalue weighted by molar-refractivity contribution is 6.05. The Morgan fingerprint density at radius 1 is 1.32 bits per heavy atom. The van der Waals surface area contributed by atoms with Gasteiger partial charge in [-0.05, 0) is 43.9 Å². The minimum Gasteiger partial charge on any atom is -0.338 e. The molecule has 144 valence electrons. The molecular weight excluding hydrogens is 358 g/mol. The fraction of sp³-hybridized carbons (Fsp3) is 0.350. The van der Waals surface area contributed by atoms with E-state index in [2.05, 4.69) is 15.0 Å². The Bertz CT molecular complexity index is 1170. The molecule has 1 N–H and O–H groups in total. The van der Waals surface area contributed by atoms with Crippen LogP contribution in [-0.4, -0.2) is 43.4 Å². The molecule has 1 saturated heterocycles. The van der Waals surface area contributed by atoms with E-state index >= 15 is 0 Å². The summed E-state index contributed by atoms with van der Waals surface area (Å²) in [6, 6.07) is 7.46. The predicted molar refractivity (Wildman–Crippen MR) is 104 cm³/mol. The smallest absolute Gasteiger partial charge is 0.329 e. The maximum Gasteiger partial charge on any atom is 0.329 e. The van der Waals surface area contributed by atoms with E-state index in [0.29, 0.717) is 24.7 Å². The molecule has 1 amide bonds. The zero-order valence-corrected chi connectivity index (χ0v) is 15.8. The van der Waals surface area contributed by atoms with Crippen LogP contribution >= 0.6 is 0 Å². The van der Waals surface area contributed by atoms with Gasteiger partial charge in [-0.3, -0.25) is 24.1 Å². The molecule has 1 unspecified atom stereocenters. The summed E-state index contributed by atoms with van der Waals surface area (Å²) < 4.78 is 1.26. The zero-order chi connectivity index (χ0) is 19.8.